The minimum absolute atomic E-state index is 0.309. The highest BCUT2D eigenvalue weighted by Gasteiger charge is 2.30. The summed E-state index contributed by atoms with van der Waals surface area (Å²) in [6.45, 7) is 8.93. The lowest BCUT2D eigenvalue weighted by molar-refractivity contribution is 0.0497. The van der Waals surface area contributed by atoms with Crippen LogP contribution in [0.4, 0.5) is 0 Å². The van der Waals surface area contributed by atoms with Crippen molar-refractivity contribution in [3.63, 3.8) is 0 Å². The topological polar surface area (TPSA) is 38.7 Å². The van der Waals surface area contributed by atoms with Crippen LogP contribution in [0, 0.1) is 0 Å². The molecular formula is C16H24BrN3O. The Balaban J connectivity index is 1.68. The summed E-state index contributed by atoms with van der Waals surface area (Å²) in [6.07, 6.45) is 1.02. The molecule has 0 aliphatic carbocycles. The van der Waals surface area contributed by atoms with Gasteiger partial charge in [0.1, 0.15) is 5.75 Å². The molecule has 1 unspecified atom stereocenters. The van der Waals surface area contributed by atoms with Gasteiger partial charge in [0.25, 0.3) is 0 Å². The summed E-state index contributed by atoms with van der Waals surface area (Å²) >= 11 is 3.52. The summed E-state index contributed by atoms with van der Waals surface area (Å²) < 4.78 is 1.04. The van der Waals surface area contributed by atoms with Gasteiger partial charge >= 0.3 is 0 Å². The number of phenolic OH excluding ortho intramolecular Hbond substituents is 1. The fraction of sp³-hybridized carbons (Fsp3) is 0.625. The second-order valence-corrected chi connectivity index (χ2v) is 6.93. The third-order valence-electron chi connectivity index (χ3n) is 4.80. The Labute approximate surface area is 135 Å². The molecule has 5 heteroatoms. The molecule has 0 amide bonds. The van der Waals surface area contributed by atoms with Crippen LogP contribution in [0.5, 0.6) is 5.75 Å². The summed E-state index contributed by atoms with van der Waals surface area (Å²) in [5, 5.41) is 13.5. The van der Waals surface area contributed by atoms with Crippen molar-refractivity contribution >= 4 is 15.9 Å². The molecule has 2 heterocycles. The fourth-order valence-corrected chi connectivity index (χ4v) is 3.79. The average molecular weight is 354 g/mol. The summed E-state index contributed by atoms with van der Waals surface area (Å²) in [7, 11) is 0. The van der Waals surface area contributed by atoms with Crippen molar-refractivity contribution in [2.24, 2.45) is 0 Å². The van der Waals surface area contributed by atoms with Gasteiger partial charge in [0.15, 0.2) is 0 Å². The first-order chi connectivity index (χ1) is 10.2. The Bertz CT molecular complexity index is 484. The van der Waals surface area contributed by atoms with Gasteiger partial charge < -0.3 is 10.4 Å². The second-order valence-electron chi connectivity index (χ2n) is 6.01. The van der Waals surface area contributed by atoms with Crippen LogP contribution in [0.1, 0.15) is 24.9 Å². The van der Waals surface area contributed by atoms with E-state index in [1.807, 2.05) is 6.07 Å². The zero-order valence-corrected chi connectivity index (χ0v) is 14.1. The smallest absolute Gasteiger partial charge is 0.120 e. The number of nitrogens with zero attached hydrogens (tertiary/aromatic N) is 2. The highest BCUT2D eigenvalue weighted by molar-refractivity contribution is 9.10. The molecule has 4 nitrogen and oxygen atoms in total. The highest BCUT2D eigenvalue weighted by atomic mass is 79.9. The van der Waals surface area contributed by atoms with Crippen LogP contribution in [0.3, 0.4) is 0 Å². The lowest BCUT2D eigenvalue weighted by Crippen LogP contribution is -2.61. The Morgan fingerprint density at radius 3 is 2.57 bits per heavy atom. The lowest BCUT2D eigenvalue weighted by Gasteiger charge is -2.45. The molecule has 21 heavy (non-hydrogen) atoms. The molecule has 1 atom stereocenters. The summed E-state index contributed by atoms with van der Waals surface area (Å²) in [6, 6.07) is 6.80. The molecule has 0 spiro atoms. The molecule has 1 aromatic rings. The van der Waals surface area contributed by atoms with E-state index in [1.165, 1.54) is 0 Å². The van der Waals surface area contributed by atoms with Crippen molar-refractivity contribution in [3.8, 4) is 5.75 Å². The van der Waals surface area contributed by atoms with Gasteiger partial charge in [0, 0.05) is 61.4 Å². The minimum atomic E-state index is 0.309. The van der Waals surface area contributed by atoms with Crippen LogP contribution in [-0.4, -0.2) is 60.2 Å². The fourth-order valence-electron chi connectivity index (χ4n) is 3.41. The molecule has 116 valence electrons. The number of benzene rings is 1. The zero-order valence-electron chi connectivity index (χ0n) is 12.6. The second kappa shape index (κ2) is 6.65. The van der Waals surface area contributed by atoms with Gasteiger partial charge in [-0.3, -0.25) is 9.80 Å². The maximum Gasteiger partial charge on any atom is 0.120 e. The predicted molar refractivity (Wildman–Crippen MR) is 88.6 cm³/mol. The van der Waals surface area contributed by atoms with Crippen molar-refractivity contribution in [1.29, 1.82) is 0 Å². The number of aromatic hydroxyl groups is 1. The molecule has 2 aliphatic heterocycles. The maximum absolute atomic E-state index is 10.2. The van der Waals surface area contributed by atoms with Gasteiger partial charge in [0.05, 0.1) is 0 Å². The van der Waals surface area contributed by atoms with E-state index in [4.69, 9.17) is 0 Å². The van der Waals surface area contributed by atoms with Gasteiger partial charge in [-0.2, -0.15) is 0 Å². The summed E-state index contributed by atoms with van der Waals surface area (Å²) in [5.41, 5.74) is 1.05. The number of hydrogen-bond acceptors (Lipinski definition) is 4. The van der Waals surface area contributed by atoms with Crippen LogP contribution in [0.25, 0.3) is 0 Å². The first-order valence-corrected chi connectivity index (χ1v) is 8.65. The molecule has 2 saturated heterocycles. The standard InChI is InChI=1S/C16H24BrN3O/c1-2-15(14-9-12(17)3-4-16(14)21)20-7-5-19(6-8-20)13-10-18-11-13/h3-4,9,13,15,18,21H,2,5-8,10-11H2,1H3. The first kappa shape index (κ1) is 15.3. The molecule has 2 aliphatic rings. The molecule has 1 aromatic carbocycles. The number of halogens is 1. The van der Waals surface area contributed by atoms with Crippen LogP contribution < -0.4 is 5.32 Å². The van der Waals surface area contributed by atoms with Crippen LogP contribution in [0.15, 0.2) is 22.7 Å². The van der Waals surface area contributed by atoms with E-state index in [9.17, 15) is 5.11 Å². The molecule has 0 aromatic heterocycles. The maximum atomic E-state index is 10.2. The lowest BCUT2D eigenvalue weighted by atomic mass is 10.00. The van der Waals surface area contributed by atoms with Crippen molar-refractivity contribution in [3.05, 3.63) is 28.2 Å². The van der Waals surface area contributed by atoms with E-state index >= 15 is 0 Å². The molecule has 0 saturated carbocycles. The van der Waals surface area contributed by atoms with E-state index in [2.05, 4.69) is 44.0 Å². The van der Waals surface area contributed by atoms with Crippen molar-refractivity contribution in [2.75, 3.05) is 39.3 Å². The largest absolute Gasteiger partial charge is 0.508 e. The quantitative estimate of drug-likeness (QED) is 0.870. The van der Waals surface area contributed by atoms with Gasteiger partial charge in [0.2, 0.25) is 0 Å². The highest BCUT2D eigenvalue weighted by Crippen LogP contribution is 2.34. The number of piperazine rings is 1. The van der Waals surface area contributed by atoms with Gasteiger partial charge in [-0.15, -0.1) is 0 Å². The van der Waals surface area contributed by atoms with E-state index in [-0.39, 0.29) is 0 Å². The van der Waals surface area contributed by atoms with Crippen LogP contribution in [0.2, 0.25) is 0 Å². The van der Waals surface area contributed by atoms with E-state index in [0.29, 0.717) is 11.8 Å². The van der Waals surface area contributed by atoms with Crippen LogP contribution >= 0.6 is 15.9 Å². The number of phenols is 1. The molecule has 0 radical (unpaired) electrons. The Morgan fingerprint density at radius 2 is 2.00 bits per heavy atom. The average Bonchev–Trinajstić information content (AvgIpc) is 2.43. The third-order valence-corrected chi connectivity index (χ3v) is 5.29. The monoisotopic (exact) mass is 353 g/mol. The normalized spacial score (nSPS) is 23.0. The minimum Gasteiger partial charge on any atom is -0.508 e. The van der Waals surface area contributed by atoms with Gasteiger partial charge in [-0.1, -0.05) is 22.9 Å². The van der Waals surface area contributed by atoms with Gasteiger partial charge in [-0.05, 0) is 24.6 Å². The first-order valence-electron chi connectivity index (χ1n) is 7.86. The van der Waals surface area contributed by atoms with E-state index < -0.39 is 0 Å². The Morgan fingerprint density at radius 1 is 1.29 bits per heavy atom. The molecular weight excluding hydrogens is 330 g/mol. The van der Waals surface area contributed by atoms with Crippen molar-refractivity contribution < 1.29 is 5.11 Å². The number of hydrogen-bond donors (Lipinski definition) is 2. The Hall–Kier alpha value is -0.620. The molecule has 2 fully saturated rings. The molecule has 0 bridgehead atoms. The summed E-state index contributed by atoms with van der Waals surface area (Å²) in [5.74, 6) is 0.413. The van der Waals surface area contributed by atoms with Crippen molar-refractivity contribution in [1.82, 2.24) is 15.1 Å². The molecule has 2 N–H and O–H groups in total. The number of rotatable bonds is 4. The van der Waals surface area contributed by atoms with E-state index in [0.717, 1.165) is 61.8 Å². The zero-order chi connectivity index (χ0) is 14.8. The van der Waals surface area contributed by atoms with E-state index in [1.54, 1.807) is 6.07 Å². The summed E-state index contributed by atoms with van der Waals surface area (Å²) in [4.78, 5) is 5.12. The third kappa shape index (κ3) is 3.26. The Kier molecular flexibility index (Phi) is 4.84. The predicted octanol–water partition coefficient (Wildman–Crippen LogP) is 2.20. The van der Waals surface area contributed by atoms with Crippen molar-refractivity contribution in [2.45, 2.75) is 25.4 Å². The SMILES string of the molecule is CCC(c1cc(Br)ccc1O)N1CCN(C2CNC2)CC1. The number of nitrogens with one attached hydrogen (secondary N) is 1. The van der Waals surface area contributed by atoms with Crippen LogP contribution in [-0.2, 0) is 0 Å². The van der Waals surface area contributed by atoms with Gasteiger partial charge in [-0.25, -0.2) is 0 Å². The molecule has 3 rings (SSSR count).